The van der Waals surface area contributed by atoms with E-state index < -0.39 is 35.7 Å². The minimum Gasteiger partial charge on any atom is -0.370 e. The normalized spacial score (nSPS) is 21.8. The van der Waals surface area contributed by atoms with Crippen molar-refractivity contribution >= 4 is 11.8 Å². The quantitative estimate of drug-likeness (QED) is 0.389. The number of benzene rings is 2. The fourth-order valence-corrected chi connectivity index (χ4v) is 5.57. The maximum Gasteiger partial charge on any atom is 0.416 e. The van der Waals surface area contributed by atoms with Gasteiger partial charge in [0.2, 0.25) is 11.8 Å². The highest BCUT2D eigenvalue weighted by Gasteiger charge is 2.40. The van der Waals surface area contributed by atoms with E-state index in [0.29, 0.717) is 57.6 Å². The van der Waals surface area contributed by atoms with Crippen molar-refractivity contribution in [2.45, 2.75) is 63.6 Å². The van der Waals surface area contributed by atoms with E-state index in [0.717, 1.165) is 5.56 Å². The highest BCUT2D eigenvalue weighted by Crippen LogP contribution is 2.40. The smallest absolute Gasteiger partial charge is 0.370 e. The number of piperidine rings is 2. The van der Waals surface area contributed by atoms with E-state index >= 15 is 0 Å². The molecule has 0 radical (unpaired) electrons. The third-order valence-electron chi connectivity index (χ3n) is 7.84. The lowest BCUT2D eigenvalue weighted by Gasteiger charge is -2.42. The average Bonchev–Trinajstić information content (AvgIpc) is 2.92. The molecule has 2 aliphatic heterocycles. The lowest BCUT2D eigenvalue weighted by molar-refractivity contribution is -0.143. The van der Waals surface area contributed by atoms with Crippen LogP contribution in [0.5, 0.6) is 0 Å². The largest absolute Gasteiger partial charge is 0.416 e. The van der Waals surface area contributed by atoms with Crippen LogP contribution in [0.4, 0.5) is 26.3 Å². The number of likely N-dealkylation sites (tertiary alicyclic amines) is 2. The molecule has 0 N–H and O–H groups in total. The fourth-order valence-electron chi connectivity index (χ4n) is 5.57. The molecule has 40 heavy (non-hydrogen) atoms. The van der Waals surface area contributed by atoms with Crippen LogP contribution in [0.3, 0.4) is 0 Å². The van der Waals surface area contributed by atoms with Crippen LogP contribution in [0.1, 0.15) is 67.4 Å². The Morgan fingerprint density at radius 3 is 1.93 bits per heavy atom. The van der Waals surface area contributed by atoms with Gasteiger partial charge in [-0.15, -0.1) is 0 Å². The number of hydrogen-bond donors (Lipinski definition) is 0. The van der Waals surface area contributed by atoms with Gasteiger partial charge in [0.05, 0.1) is 23.3 Å². The molecule has 2 saturated heterocycles. The van der Waals surface area contributed by atoms with Crippen molar-refractivity contribution in [1.82, 2.24) is 9.80 Å². The third kappa shape index (κ3) is 6.97. The molecule has 0 saturated carbocycles. The lowest BCUT2D eigenvalue weighted by Crippen LogP contribution is -2.50. The number of nitrogens with zero attached hydrogens (tertiary/aromatic N) is 2. The number of carbonyl (C=O) groups is 2. The molecule has 0 spiro atoms. The van der Waals surface area contributed by atoms with Crippen molar-refractivity contribution in [2.75, 3.05) is 26.2 Å². The van der Waals surface area contributed by atoms with Crippen molar-refractivity contribution < 1.29 is 40.7 Å². The number of halogens is 6. The van der Waals surface area contributed by atoms with Crippen LogP contribution in [-0.4, -0.2) is 53.9 Å². The summed E-state index contributed by atoms with van der Waals surface area (Å²) in [7, 11) is 0. The van der Waals surface area contributed by atoms with Crippen LogP contribution in [0.25, 0.3) is 0 Å². The summed E-state index contributed by atoms with van der Waals surface area (Å²) in [6.07, 6.45) is -9.99. The number of ether oxygens (including phenoxy) is 1. The molecule has 2 amide bonds. The van der Waals surface area contributed by atoms with Gasteiger partial charge in [-0.1, -0.05) is 30.3 Å². The van der Waals surface area contributed by atoms with Gasteiger partial charge in [0, 0.05) is 44.9 Å². The van der Waals surface area contributed by atoms with E-state index in [1.165, 1.54) is 13.8 Å². The number of carbonyl (C=O) groups excluding carboxylic acids is 2. The van der Waals surface area contributed by atoms with Gasteiger partial charge in [0.25, 0.3) is 0 Å². The first-order valence-corrected chi connectivity index (χ1v) is 13.3. The summed E-state index contributed by atoms with van der Waals surface area (Å²) in [5.41, 5.74) is -2.12. The molecule has 2 heterocycles. The molecule has 218 valence electrons. The van der Waals surface area contributed by atoms with Crippen molar-refractivity contribution in [3.8, 4) is 0 Å². The van der Waals surface area contributed by atoms with Gasteiger partial charge in [-0.25, -0.2) is 0 Å². The maximum absolute atomic E-state index is 13.4. The fraction of sp³-hybridized carbons (Fsp3) is 0.517. The molecule has 0 aliphatic carbocycles. The van der Waals surface area contributed by atoms with Gasteiger partial charge in [-0.3, -0.25) is 9.59 Å². The van der Waals surface area contributed by atoms with E-state index in [4.69, 9.17) is 4.74 Å². The maximum atomic E-state index is 13.4. The van der Waals surface area contributed by atoms with Crippen LogP contribution >= 0.6 is 0 Å². The molecule has 2 aliphatic rings. The average molecular weight is 571 g/mol. The van der Waals surface area contributed by atoms with Crippen molar-refractivity contribution in [3.05, 3.63) is 70.8 Å². The summed E-state index contributed by atoms with van der Waals surface area (Å²) in [5.74, 6) is -0.575. The topological polar surface area (TPSA) is 49.9 Å². The van der Waals surface area contributed by atoms with Crippen LogP contribution in [0.2, 0.25) is 0 Å². The van der Waals surface area contributed by atoms with Crippen LogP contribution in [-0.2, 0) is 26.7 Å². The van der Waals surface area contributed by atoms with E-state index in [1.54, 1.807) is 9.80 Å². The van der Waals surface area contributed by atoms with Gasteiger partial charge in [-0.2, -0.15) is 26.3 Å². The first-order chi connectivity index (χ1) is 18.7. The second kappa shape index (κ2) is 11.8. The molecule has 11 heteroatoms. The highest BCUT2D eigenvalue weighted by atomic mass is 19.4. The Morgan fingerprint density at radius 1 is 0.850 bits per heavy atom. The Kier molecular flexibility index (Phi) is 8.82. The number of hydrogen-bond acceptors (Lipinski definition) is 3. The Bertz CT molecular complexity index is 1160. The van der Waals surface area contributed by atoms with Crippen LogP contribution in [0.15, 0.2) is 48.5 Å². The Morgan fingerprint density at radius 2 is 1.40 bits per heavy atom. The minimum absolute atomic E-state index is 0.0108. The predicted octanol–water partition coefficient (Wildman–Crippen LogP) is 6.45. The molecular formula is C29H32F6N2O3. The Labute approximate surface area is 229 Å². The van der Waals surface area contributed by atoms with E-state index in [2.05, 4.69) is 0 Å². The molecule has 2 aromatic rings. The molecule has 0 aromatic heterocycles. The van der Waals surface area contributed by atoms with Gasteiger partial charge < -0.3 is 14.5 Å². The summed E-state index contributed by atoms with van der Waals surface area (Å²) in [4.78, 5) is 28.5. The van der Waals surface area contributed by atoms with Crippen molar-refractivity contribution in [2.24, 2.45) is 5.92 Å². The second-order valence-corrected chi connectivity index (χ2v) is 10.5. The minimum atomic E-state index is -4.95. The molecule has 4 rings (SSSR count). The van der Waals surface area contributed by atoms with Crippen molar-refractivity contribution in [3.63, 3.8) is 0 Å². The van der Waals surface area contributed by atoms with E-state index in [-0.39, 0.29) is 35.3 Å². The SMILES string of the molecule is CC(=O)N1CCC(C(=O)N2CCC(OC(C)c3cc(C(F)(F)F)cc(C(F)(F)F)c3)C(c3ccccc3)C2)CC1. The summed E-state index contributed by atoms with van der Waals surface area (Å²) in [6, 6.07) is 10.7. The van der Waals surface area contributed by atoms with E-state index in [1.807, 2.05) is 30.3 Å². The molecule has 3 atom stereocenters. The zero-order valence-electron chi connectivity index (χ0n) is 22.3. The van der Waals surface area contributed by atoms with Gasteiger partial charge in [-0.05, 0) is 55.5 Å². The molecular weight excluding hydrogens is 538 g/mol. The van der Waals surface area contributed by atoms with Crippen molar-refractivity contribution in [1.29, 1.82) is 0 Å². The Hall–Kier alpha value is -3.08. The monoisotopic (exact) mass is 570 g/mol. The summed E-state index contributed by atoms with van der Waals surface area (Å²) in [6.45, 7) is 4.63. The lowest BCUT2D eigenvalue weighted by atomic mass is 9.86. The third-order valence-corrected chi connectivity index (χ3v) is 7.84. The molecule has 5 nitrogen and oxygen atoms in total. The van der Waals surface area contributed by atoms with Gasteiger partial charge in [0.15, 0.2) is 0 Å². The molecule has 2 fully saturated rings. The Balaban J connectivity index is 1.54. The first kappa shape index (κ1) is 29.9. The standard InChI is InChI=1S/C29H32F6N2O3/c1-18(22-14-23(28(30,31)32)16-24(15-22)29(33,34)35)40-26-10-13-37(17-25(26)20-6-4-3-5-7-20)27(39)21-8-11-36(12-9-21)19(2)38/h3-7,14-16,18,21,25-26H,8-13,17H2,1-2H3. The molecule has 3 unspecified atom stereocenters. The van der Waals surface area contributed by atoms with Gasteiger partial charge >= 0.3 is 12.4 Å². The number of rotatable bonds is 5. The molecule has 2 aromatic carbocycles. The summed E-state index contributed by atoms with van der Waals surface area (Å²) >= 11 is 0. The first-order valence-electron chi connectivity index (χ1n) is 13.3. The zero-order valence-corrected chi connectivity index (χ0v) is 22.3. The van der Waals surface area contributed by atoms with E-state index in [9.17, 15) is 35.9 Å². The van der Waals surface area contributed by atoms with Gasteiger partial charge in [0.1, 0.15) is 0 Å². The number of amides is 2. The van der Waals surface area contributed by atoms with Crippen LogP contribution < -0.4 is 0 Å². The highest BCUT2D eigenvalue weighted by molar-refractivity contribution is 5.80. The molecule has 0 bridgehead atoms. The summed E-state index contributed by atoms with van der Waals surface area (Å²) in [5, 5.41) is 0. The predicted molar refractivity (Wildman–Crippen MR) is 135 cm³/mol. The zero-order chi connectivity index (χ0) is 29.2. The summed E-state index contributed by atoms with van der Waals surface area (Å²) < 4.78 is 86.6. The van der Waals surface area contributed by atoms with Crippen LogP contribution in [0, 0.1) is 5.92 Å². The number of alkyl halides is 6. The second-order valence-electron chi connectivity index (χ2n) is 10.5.